The number of nitrogens with one attached hydrogen (secondary N) is 3. The number of nitrogens with zero attached hydrogens (tertiary/aromatic N) is 2. The summed E-state index contributed by atoms with van der Waals surface area (Å²) in [6.07, 6.45) is 3.20. The number of halogens is 2. The number of hydrogen-bond donors (Lipinski definition) is 3. The van der Waals surface area contributed by atoms with E-state index in [2.05, 4.69) is 25.9 Å². The number of aromatic nitrogens is 2. The van der Waals surface area contributed by atoms with Gasteiger partial charge in [0.2, 0.25) is 0 Å². The van der Waals surface area contributed by atoms with Gasteiger partial charge in [0, 0.05) is 25.5 Å². The number of carbonyl (C=O) groups excluding carboxylic acids is 1. The summed E-state index contributed by atoms with van der Waals surface area (Å²) in [4.78, 5) is 20.1. The van der Waals surface area contributed by atoms with Gasteiger partial charge < -0.3 is 16.0 Å². The summed E-state index contributed by atoms with van der Waals surface area (Å²) in [5.41, 5.74) is 0.804. The summed E-state index contributed by atoms with van der Waals surface area (Å²) in [5, 5.41) is 9.49. The lowest BCUT2D eigenvalue weighted by molar-refractivity contribution is 0.238. The minimum atomic E-state index is -0.264. The van der Waals surface area contributed by atoms with E-state index in [1.807, 2.05) is 25.1 Å². The van der Waals surface area contributed by atoms with Crippen LogP contribution < -0.4 is 16.0 Å². The van der Waals surface area contributed by atoms with Crippen LogP contribution in [0.4, 0.5) is 10.6 Å². The number of anilines is 1. The van der Waals surface area contributed by atoms with E-state index in [-0.39, 0.29) is 12.1 Å². The van der Waals surface area contributed by atoms with Crippen LogP contribution in [0.15, 0.2) is 36.7 Å². The van der Waals surface area contributed by atoms with Gasteiger partial charge in [-0.15, -0.1) is 0 Å². The van der Waals surface area contributed by atoms with Crippen LogP contribution in [0.3, 0.4) is 0 Å². The van der Waals surface area contributed by atoms with Crippen molar-refractivity contribution in [2.75, 3.05) is 18.4 Å². The molecule has 2 rings (SSSR count). The van der Waals surface area contributed by atoms with E-state index in [0.717, 1.165) is 5.69 Å². The van der Waals surface area contributed by atoms with E-state index >= 15 is 0 Å². The van der Waals surface area contributed by atoms with Gasteiger partial charge in [0.25, 0.3) is 0 Å². The Kier molecular flexibility index (Phi) is 6.43. The van der Waals surface area contributed by atoms with Crippen LogP contribution >= 0.6 is 23.2 Å². The first-order valence-electron chi connectivity index (χ1n) is 7.06. The van der Waals surface area contributed by atoms with E-state index in [4.69, 9.17) is 23.2 Å². The van der Waals surface area contributed by atoms with Crippen LogP contribution in [0.5, 0.6) is 0 Å². The molecule has 0 radical (unpaired) electrons. The van der Waals surface area contributed by atoms with Crippen LogP contribution in [0.2, 0.25) is 10.0 Å². The predicted molar refractivity (Wildman–Crippen MR) is 91.9 cm³/mol. The van der Waals surface area contributed by atoms with Gasteiger partial charge in [-0.3, -0.25) is 4.98 Å². The number of amides is 2. The highest BCUT2D eigenvalue weighted by atomic mass is 35.5. The Hall–Kier alpha value is -2.05. The molecule has 1 unspecified atom stereocenters. The van der Waals surface area contributed by atoms with Crippen molar-refractivity contribution in [3.05, 3.63) is 52.4 Å². The molecule has 0 bridgehead atoms. The topological polar surface area (TPSA) is 78.9 Å². The summed E-state index contributed by atoms with van der Waals surface area (Å²) < 4.78 is 0. The average Bonchev–Trinajstić information content (AvgIpc) is 2.54. The molecule has 3 N–H and O–H groups in total. The van der Waals surface area contributed by atoms with Crippen LogP contribution in [0.25, 0.3) is 0 Å². The maximum absolute atomic E-state index is 11.8. The molecule has 0 saturated heterocycles. The number of pyridine rings is 2. The zero-order valence-corrected chi connectivity index (χ0v) is 14.0. The summed E-state index contributed by atoms with van der Waals surface area (Å²) in [5.74, 6) is 0.528. The van der Waals surface area contributed by atoms with Crippen molar-refractivity contribution < 1.29 is 4.79 Å². The molecule has 6 nitrogen and oxygen atoms in total. The van der Waals surface area contributed by atoms with Gasteiger partial charge in [0.15, 0.2) is 0 Å². The van der Waals surface area contributed by atoms with Gasteiger partial charge in [0.05, 0.1) is 21.8 Å². The Bertz CT molecular complexity index is 654. The normalized spacial score (nSPS) is 11.6. The predicted octanol–water partition coefficient (Wildman–Crippen LogP) is 3.26. The molecule has 0 aliphatic carbocycles. The molecule has 8 heteroatoms. The Morgan fingerprint density at radius 1 is 1.26 bits per heavy atom. The highest BCUT2D eigenvalue weighted by Crippen LogP contribution is 2.21. The minimum Gasteiger partial charge on any atom is -0.367 e. The largest absolute Gasteiger partial charge is 0.367 e. The molecule has 0 aromatic carbocycles. The maximum Gasteiger partial charge on any atom is 0.315 e. The number of carbonyl (C=O) groups is 1. The van der Waals surface area contributed by atoms with Crippen molar-refractivity contribution in [3.63, 3.8) is 0 Å². The molecule has 0 spiro atoms. The second-order valence-electron chi connectivity index (χ2n) is 4.79. The van der Waals surface area contributed by atoms with Gasteiger partial charge in [-0.2, -0.15) is 0 Å². The second-order valence-corrected chi connectivity index (χ2v) is 5.63. The molecule has 0 aliphatic rings. The van der Waals surface area contributed by atoms with Gasteiger partial charge in [-0.25, -0.2) is 9.78 Å². The first-order valence-corrected chi connectivity index (χ1v) is 7.82. The van der Waals surface area contributed by atoms with Crippen LogP contribution in [0.1, 0.15) is 18.7 Å². The summed E-state index contributed by atoms with van der Waals surface area (Å²) >= 11 is 11.8. The van der Waals surface area contributed by atoms with Gasteiger partial charge in [0.1, 0.15) is 5.82 Å². The van der Waals surface area contributed by atoms with Crippen molar-refractivity contribution in [2.24, 2.45) is 0 Å². The zero-order chi connectivity index (χ0) is 16.7. The summed E-state index contributed by atoms with van der Waals surface area (Å²) in [7, 11) is 0. The lowest BCUT2D eigenvalue weighted by Gasteiger charge is -2.14. The van der Waals surface area contributed by atoms with E-state index in [1.54, 1.807) is 12.3 Å². The lowest BCUT2D eigenvalue weighted by Crippen LogP contribution is -2.39. The highest BCUT2D eigenvalue weighted by molar-refractivity contribution is 6.35. The van der Waals surface area contributed by atoms with Gasteiger partial charge in [-0.1, -0.05) is 29.3 Å². The van der Waals surface area contributed by atoms with E-state index in [9.17, 15) is 4.79 Å². The molecule has 2 aromatic heterocycles. The van der Waals surface area contributed by atoms with Crippen LogP contribution in [-0.2, 0) is 0 Å². The van der Waals surface area contributed by atoms with E-state index < -0.39 is 0 Å². The molecule has 23 heavy (non-hydrogen) atoms. The first-order chi connectivity index (χ1) is 11.1. The average molecular weight is 354 g/mol. The van der Waals surface area contributed by atoms with Gasteiger partial charge in [-0.05, 0) is 25.1 Å². The Labute approximate surface area is 144 Å². The SMILES string of the molecule is CC(NC(=O)NCCNc1ncc(Cl)cc1Cl)c1ccccn1. The van der Waals surface area contributed by atoms with Gasteiger partial charge >= 0.3 is 6.03 Å². The molecule has 0 saturated carbocycles. The van der Waals surface area contributed by atoms with E-state index in [0.29, 0.717) is 29.0 Å². The monoisotopic (exact) mass is 353 g/mol. The van der Waals surface area contributed by atoms with Crippen molar-refractivity contribution in [2.45, 2.75) is 13.0 Å². The molecule has 1 atom stereocenters. The van der Waals surface area contributed by atoms with E-state index in [1.165, 1.54) is 6.20 Å². The third kappa shape index (κ3) is 5.58. The Morgan fingerprint density at radius 3 is 2.78 bits per heavy atom. The smallest absolute Gasteiger partial charge is 0.315 e. The van der Waals surface area contributed by atoms with Crippen LogP contribution in [-0.4, -0.2) is 29.1 Å². The lowest BCUT2D eigenvalue weighted by atomic mass is 10.2. The fraction of sp³-hybridized carbons (Fsp3) is 0.267. The zero-order valence-electron chi connectivity index (χ0n) is 12.5. The minimum absolute atomic E-state index is 0.170. The molecule has 122 valence electrons. The first kappa shape index (κ1) is 17.3. The molecular formula is C15H17Cl2N5O. The van der Waals surface area contributed by atoms with Crippen LogP contribution in [0, 0.1) is 0 Å². The number of urea groups is 1. The number of rotatable bonds is 6. The highest BCUT2D eigenvalue weighted by Gasteiger charge is 2.09. The fourth-order valence-electron chi connectivity index (χ4n) is 1.86. The second kappa shape index (κ2) is 8.55. The molecule has 2 heterocycles. The summed E-state index contributed by atoms with van der Waals surface area (Å²) in [6.45, 7) is 2.78. The van der Waals surface area contributed by atoms with Crippen molar-refractivity contribution in [1.82, 2.24) is 20.6 Å². The van der Waals surface area contributed by atoms with Crippen molar-refractivity contribution >= 4 is 35.1 Å². The molecule has 2 aromatic rings. The maximum atomic E-state index is 11.8. The molecule has 0 fully saturated rings. The molecule has 2 amide bonds. The third-order valence-electron chi connectivity index (χ3n) is 2.99. The van der Waals surface area contributed by atoms with Crippen molar-refractivity contribution in [1.29, 1.82) is 0 Å². The van der Waals surface area contributed by atoms with Crippen molar-refractivity contribution in [3.8, 4) is 0 Å². The standard InChI is InChI=1S/C15H17Cl2N5O/c1-10(13-4-2-3-5-18-13)22-15(23)20-7-6-19-14-12(17)8-11(16)9-21-14/h2-5,8-10H,6-7H2,1H3,(H,19,21)(H2,20,22,23). The fourth-order valence-corrected chi connectivity index (χ4v) is 2.30. The Morgan fingerprint density at radius 2 is 2.09 bits per heavy atom. The Balaban J connectivity index is 1.70. The quantitative estimate of drug-likeness (QED) is 0.696. The summed E-state index contributed by atoms with van der Waals surface area (Å²) in [6, 6.07) is 6.74. The molecule has 0 aliphatic heterocycles. The molecular weight excluding hydrogens is 337 g/mol. The third-order valence-corrected chi connectivity index (χ3v) is 3.48. The number of hydrogen-bond acceptors (Lipinski definition) is 4.